The molecule has 2 bridgehead atoms. The fraction of sp³-hybridized carbons (Fsp3) is 0.679. The molecule has 7 unspecified atom stereocenters. The van der Waals surface area contributed by atoms with Crippen LogP contribution < -0.4 is 15.0 Å². The number of esters is 1. The predicted molar refractivity (Wildman–Crippen MR) is 268 cm³/mol. The number of methoxy groups -OCH3 is 2. The minimum atomic E-state index is -2.27. The van der Waals surface area contributed by atoms with Crippen LogP contribution in [0.2, 0.25) is 0 Å². The molecular formula is C56H79N5O8. The molecule has 1 aromatic heterocycles. The number of aromatic amines is 1. The number of aliphatic hydroxyl groups is 3. The Kier molecular flexibility index (Phi) is 12.4. The average molecular weight is 950 g/mol. The van der Waals surface area contributed by atoms with E-state index >= 15 is 9.59 Å². The van der Waals surface area contributed by atoms with Crippen molar-refractivity contribution >= 4 is 28.5 Å². The first-order valence-electron chi connectivity index (χ1n) is 26.3. The molecule has 2 saturated carbocycles. The summed E-state index contributed by atoms with van der Waals surface area (Å²) in [5, 5.41) is 43.4. The normalized spacial score (nSPS) is 35.4. The number of likely N-dealkylation sites (N-methyl/N-ethyl adjacent to an activating group) is 1. The molecule has 10 rings (SSSR count). The molecule has 13 heteroatoms. The van der Waals surface area contributed by atoms with Crippen LogP contribution in [0.15, 0.2) is 48.0 Å². The summed E-state index contributed by atoms with van der Waals surface area (Å²) in [6, 6.07) is 10.8. The van der Waals surface area contributed by atoms with Crippen LogP contribution in [0.25, 0.3) is 10.9 Å². The van der Waals surface area contributed by atoms with Crippen LogP contribution in [-0.2, 0) is 36.3 Å². The molecule has 0 radical (unpaired) electrons. The van der Waals surface area contributed by atoms with Gasteiger partial charge in [-0.1, -0.05) is 63.0 Å². The number of fused-ring (bicyclic) bond motifs is 6. The summed E-state index contributed by atoms with van der Waals surface area (Å²) in [6.07, 6.45) is 9.34. The van der Waals surface area contributed by atoms with Gasteiger partial charge in [-0.25, -0.2) is 0 Å². The number of benzene rings is 2. The molecule has 7 aliphatic rings. The first-order valence-corrected chi connectivity index (χ1v) is 26.3. The van der Waals surface area contributed by atoms with Gasteiger partial charge in [0.25, 0.3) is 5.91 Å². The standard InChI is InChI=1S/C56H79N5O8/c1-10-35-21-25-61-26-23-54-39-27-40(55(51(64)68-9)30-34-29-53(65,11-2)32-60(31-34)24-22-38-37-19-15-16-20-41(37)58-46(38)55)43(67-8)28-42(39)59(7)49(54)56(66,48(62)44(35)47(54)61)50(63)57-33(3)45(69-52(4,5)6)36-17-13-12-14-18-36/h15-16,19-21,27-28,33-34,36,44-45,47-49,58,62,65-66H,10-14,17-18,22-26,29-32H2,1-9H3,(H,57,63)/t33-,34?,44?,45-,47?,48-,49?,53+,54?,55?,56-/m1/s1. The van der Waals surface area contributed by atoms with Crippen LogP contribution in [0.4, 0.5) is 5.69 Å². The van der Waals surface area contributed by atoms with Crippen molar-refractivity contribution in [2.75, 3.05) is 58.9 Å². The average Bonchev–Trinajstić information content (AvgIpc) is 4.00. The van der Waals surface area contributed by atoms with Crippen molar-refractivity contribution in [2.45, 2.75) is 170 Å². The van der Waals surface area contributed by atoms with Gasteiger partial charge in [-0.3, -0.25) is 19.4 Å². The molecule has 5 N–H and O–H groups in total. The Morgan fingerprint density at radius 2 is 1.77 bits per heavy atom. The number of anilines is 1. The van der Waals surface area contributed by atoms with Crippen LogP contribution in [0, 0.1) is 17.8 Å². The number of hydrogen-bond donors (Lipinski definition) is 5. The number of amides is 1. The molecule has 6 heterocycles. The fourth-order valence-electron chi connectivity index (χ4n) is 15.7. The summed E-state index contributed by atoms with van der Waals surface area (Å²) in [6.45, 7) is 15.7. The Hall–Kier alpha value is -3.98. The van der Waals surface area contributed by atoms with Crippen molar-refractivity contribution < 1.29 is 39.1 Å². The third kappa shape index (κ3) is 7.43. The Bertz CT molecular complexity index is 2490. The van der Waals surface area contributed by atoms with Crippen molar-refractivity contribution in [3.63, 3.8) is 0 Å². The number of H-pyrrole nitrogens is 1. The highest BCUT2D eigenvalue weighted by molar-refractivity contribution is 5.95. The van der Waals surface area contributed by atoms with Crippen LogP contribution in [-0.4, -0.2) is 143 Å². The van der Waals surface area contributed by atoms with Crippen molar-refractivity contribution in [3.05, 3.63) is 70.4 Å². The van der Waals surface area contributed by atoms with E-state index in [0.717, 1.165) is 77.8 Å². The van der Waals surface area contributed by atoms with Crippen LogP contribution in [0.5, 0.6) is 5.75 Å². The molecule has 3 aromatic rings. The lowest BCUT2D eigenvalue weighted by molar-refractivity contribution is -0.185. The smallest absolute Gasteiger partial charge is 0.322 e. The first kappa shape index (κ1) is 48.6. The Labute approximate surface area is 409 Å². The van der Waals surface area contributed by atoms with E-state index in [2.05, 4.69) is 72.1 Å². The maximum atomic E-state index is 15.6. The molecular weight excluding hydrogens is 871 g/mol. The van der Waals surface area contributed by atoms with E-state index in [1.807, 2.05) is 44.0 Å². The van der Waals surface area contributed by atoms with Crippen LogP contribution in [0.3, 0.4) is 0 Å². The topological polar surface area (TPSA) is 160 Å². The molecule has 5 aliphatic heterocycles. The number of nitrogens with one attached hydrogen (secondary N) is 2. The number of hydrogen-bond acceptors (Lipinski definition) is 11. The predicted octanol–water partition coefficient (Wildman–Crippen LogP) is 6.52. The fourth-order valence-corrected chi connectivity index (χ4v) is 15.7. The summed E-state index contributed by atoms with van der Waals surface area (Å²) in [5.74, 6) is -0.899. The number of ether oxygens (including phenoxy) is 3. The summed E-state index contributed by atoms with van der Waals surface area (Å²) >= 11 is 0. The van der Waals surface area contributed by atoms with Gasteiger partial charge >= 0.3 is 5.97 Å². The van der Waals surface area contributed by atoms with Gasteiger partial charge in [-0.05, 0) is 121 Å². The second kappa shape index (κ2) is 17.7. The second-order valence-corrected chi connectivity index (χ2v) is 23.4. The summed E-state index contributed by atoms with van der Waals surface area (Å²) in [5.41, 5.74) is 0.237. The van der Waals surface area contributed by atoms with E-state index in [0.29, 0.717) is 69.5 Å². The Morgan fingerprint density at radius 1 is 1.01 bits per heavy atom. The highest BCUT2D eigenvalue weighted by atomic mass is 16.5. The van der Waals surface area contributed by atoms with E-state index < -0.39 is 63.6 Å². The van der Waals surface area contributed by atoms with Crippen molar-refractivity contribution in [3.8, 4) is 5.75 Å². The summed E-state index contributed by atoms with van der Waals surface area (Å²) < 4.78 is 19.3. The summed E-state index contributed by atoms with van der Waals surface area (Å²) in [7, 11) is 5.04. The van der Waals surface area contributed by atoms with Gasteiger partial charge in [-0.2, -0.15) is 0 Å². The van der Waals surface area contributed by atoms with Crippen LogP contribution >= 0.6 is 0 Å². The highest BCUT2D eigenvalue weighted by Gasteiger charge is 2.76. The van der Waals surface area contributed by atoms with E-state index in [1.165, 1.54) is 13.5 Å². The van der Waals surface area contributed by atoms with Crippen LogP contribution in [0.1, 0.15) is 128 Å². The van der Waals surface area contributed by atoms with Gasteiger partial charge < -0.3 is 44.7 Å². The molecule has 13 nitrogen and oxygen atoms in total. The lowest BCUT2D eigenvalue weighted by atomic mass is 9.52. The molecule has 2 aromatic carbocycles. The number of aliphatic hydroxyl groups excluding tert-OH is 1. The van der Waals surface area contributed by atoms with Crippen molar-refractivity contribution in [1.82, 2.24) is 20.1 Å². The molecule has 2 aliphatic carbocycles. The Morgan fingerprint density at radius 3 is 2.46 bits per heavy atom. The van der Waals surface area contributed by atoms with Gasteiger partial charge in [0.05, 0.1) is 43.6 Å². The van der Waals surface area contributed by atoms with E-state index in [9.17, 15) is 15.3 Å². The number of nitrogens with zero attached hydrogens (tertiary/aromatic N) is 3. The minimum absolute atomic E-state index is 0.0889. The van der Waals surface area contributed by atoms with E-state index in [-0.39, 0.29) is 24.0 Å². The lowest BCUT2D eigenvalue weighted by Crippen LogP contribution is -2.79. The van der Waals surface area contributed by atoms with Gasteiger partial charge in [0.1, 0.15) is 17.3 Å². The molecule has 4 fully saturated rings. The SMILES string of the molecule is CCC1=CCN2CCC34c5cc(C6(C(=O)OC)CC7CN(CCc8c6[nH]c6ccccc86)C[C@](O)(CC)C7)c(OC)cc5N(C)C3[C@@](O)(C(=O)N[C@H](C)[C@@H](OC(C)(C)C)C3CCCCC3)[C@H](O)C1C24. The van der Waals surface area contributed by atoms with Gasteiger partial charge in [-0.15, -0.1) is 0 Å². The number of para-hydroxylation sites is 1. The number of aromatic nitrogens is 1. The minimum Gasteiger partial charge on any atom is -0.496 e. The van der Waals surface area contributed by atoms with E-state index in [1.54, 1.807) is 7.11 Å². The molecule has 376 valence electrons. The zero-order chi connectivity index (χ0) is 49.0. The third-order valence-electron chi connectivity index (χ3n) is 18.5. The van der Waals surface area contributed by atoms with Gasteiger partial charge in [0.15, 0.2) is 5.60 Å². The maximum absolute atomic E-state index is 15.6. The summed E-state index contributed by atoms with van der Waals surface area (Å²) in [4.78, 5) is 41.8. The lowest BCUT2D eigenvalue weighted by Gasteiger charge is -2.59. The zero-order valence-electron chi connectivity index (χ0n) is 42.7. The molecule has 1 spiro atoms. The van der Waals surface area contributed by atoms with Gasteiger partial charge in [0.2, 0.25) is 0 Å². The monoisotopic (exact) mass is 950 g/mol. The van der Waals surface area contributed by atoms with Crippen molar-refractivity contribution in [2.24, 2.45) is 17.8 Å². The van der Waals surface area contributed by atoms with Crippen molar-refractivity contribution in [1.29, 1.82) is 0 Å². The zero-order valence-corrected chi connectivity index (χ0v) is 42.7. The molecule has 69 heavy (non-hydrogen) atoms. The third-order valence-corrected chi connectivity index (χ3v) is 18.5. The number of carbonyl (C=O) groups excluding carboxylic acids is 2. The van der Waals surface area contributed by atoms with E-state index in [4.69, 9.17) is 14.2 Å². The second-order valence-electron chi connectivity index (χ2n) is 23.4. The largest absolute Gasteiger partial charge is 0.496 e. The van der Waals surface area contributed by atoms with Gasteiger partial charge in [0, 0.05) is 84.5 Å². The number of piperidine rings is 1. The Balaban J connectivity index is 1.18. The quantitative estimate of drug-likeness (QED) is 0.111. The maximum Gasteiger partial charge on any atom is 0.322 e. The number of rotatable bonds is 10. The highest BCUT2D eigenvalue weighted by Crippen LogP contribution is 2.65. The number of carbonyl (C=O) groups is 2. The molecule has 12 atom stereocenters. The molecule has 1 amide bonds. The molecule has 2 saturated heterocycles. The first-order chi connectivity index (χ1) is 32.9.